The molecule has 7 rings (SSSR count). The van der Waals surface area contributed by atoms with Crippen molar-refractivity contribution in [3.8, 4) is 0 Å². The van der Waals surface area contributed by atoms with Crippen LogP contribution in [0.2, 0.25) is 18.1 Å². The molecular weight excluding hydrogens is 690 g/mol. The van der Waals surface area contributed by atoms with E-state index in [0.29, 0.717) is 12.8 Å². The molecule has 0 unspecified atom stereocenters. The number of fused-ring (bicyclic) bond motifs is 3. The Kier molecular flexibility index (Phi) is 10.8. The van der Waals surface area contributed by atoms with Crippen LogP contribution >= 0.6 is 15.6 Å². The third-order valence-corrected chi connectivity index (χ3v) is 18.3. The Labute approximate surface area is 289 Å². The Morgan fingerprint density at radius 2 is 1.10 bits per heavy atom. The number of phosphoric acid groups is 2. The predicted molar refractivity (Wildman–Crippen MR) is 181 cm³/mol. The summed E-state index contributed by atoms with van der Waals surface area (Å²) in [7, 11) is -11.1. The van der Waals surface area contributed by atoms with Crippen LogP contribution in [0.15, 0.2) is 48.5 Å². The predicted octanol–water partition coefficient (Wildman–Crippen LogP) is 7.68. The molecule has 0 amide bonds. The van der Waals surface area contributed by atoms with Crippen molar-refractivity contribution in [1.29, 1.82) is 0 Å². The van der Waals surface area contributed by atoms with Gasteiger partial charge in [-0.25, -0.2) is 9.13 Å². The van der Waals surface area contributed by atoms with Gasteiger partial charge in [-0.1, -0.05) is 75.7 Å². The first kappa shape index (κ1) is 36.1. The Morgan fingerprint density at radius 3 is 1.55 bits per heavy atom. The fourth-order valence-corrected chi connectivity index (χ4v) is 13.2. The summed E-state index contributed by atoms with van der Waals surface area (Å²) in [5.41, 5.74) is 3.28. The quantitative estimate of drug-likeness (QED) is 0.200. The van der Waals surface area contributed by atoms with Crippen molar-refractivity contribution in [2.24, 2.45) is 0 Å². The number of aliphatic hydroxyl groups excluding tert-OH is 1. The van der Waals surface area contributed by atoms with Crippen LogP contribution in [0.5, 0.6) is 0 Å². The van der Waals surface area contributed by atoms with Crippen molar-refractivity contribution in [2.45, 2.75) is 140 Å². The van der Waals surface area contributed by atoms with Crippen LogP contribution in [-0.2, 0) is 76.6 Å². The van der Waals surface area contributed by atoms with Gasteiger partial charge in [-0.2, -0.15) is 0 Å². The molecule has 1 N–H and O–H groups in total. The molecule has 3 heterocycles. The molecule has 0 aromatic heterocycles. The smallest absolute Gasteiger partial charge is 0.408 e. The zero-order valence-corrected chi connectivity index (χ0v) is 31.2. The third kappa shape index (κ3) is 7.35. The van der Waals surface area contributed by atoms with Crippen molar-refractivity contribution in [1.82, 2.24) is 0 Å². The van der Waals surface area contributed by atoms with Crippen LogP contribution in [0.3, 0.4) is 0 Å². The molecule has 1 spiro atoms. The maximum atomic E-state index is 14.5. The molecule has 3 fully saturated rings. The summed E-state index contributed by atoms with van der Waals surface area (Å²) in [5.74, 6) is -0.971. The SMILES string of the molecule is CC[Si](CC)(CC)O[C@H]1[C@H](O)[C@@H]2OC3(CCCCC3)O[C@@H]2[C@@H](OP2(=O)OCc3ccccc3CO2)[C@@H]1OP1(=O)OCc2ccccc2CO1. The Bertz CT molecular complexity index is 1490. The van der Waals surface area contributed by atoms with Gasteiger partial charge in [0.05, 0.1) is 26.4 Å². The van der Waals surface area contributed by atoms with Gasteiger partial charge in [0, 0.05) is 12.8 Å². The lowest BCUT2D eigenvalue weighted by atomic mass is 9.85. The first-order chi connectivity index (χ1) is 23.6. The largest absolute Gasteiger partial charge is 0.475 e. The number of rotatable bonds is 9. The normalized spacial score (nSPS) is 32.0. The highest BCUT2D eigenvalue weighted by Crippen LogP contribution is 2.61. The second-order valence-corrected chi connectivity index (χ2v) is 21.6. The lowest BCUT2D eigenvalue weighted by molar-refractivity contribution is -0.202. The van der Waals surface area contributed by atoms with Gasteiger partial charge in [-0.15, -0.1) is 0 Å². The summed E-state index contributed by atoms with van der Waals surface area (Å²) in [4.78, 5) is 0. The summed E-state index contributed by atoms with van der Waals surface area (Å²) in [6.07, 6.45) is -2.81. The van der Waals surface area contributed by atoms with E-state index in [9.17, 15) is 14.2 Å². The molecule has 0 radical (unpaired) electrons. The minimum Gasteiger partial charge on any atom is -0.408 e. The van der Waals surface area contributed by atoms with E-state index in [4.69, 9.17) is 41.0 Å². The van der Waals surface area contributed by atoms with Crippen LogP contribution in [0, 0.1) is 0 Å². The highest BCUT2D eigenvalue weighted by Gasteiger charge is 2.65. The molecule has 0 bridgehead atoms. The van der Waals surface area contributed by atoms with Gasteiger partial charge in [0.25, 0.3) is 0 Å². The molecule has 270 valence electrons. The monoisotopic (exact) mass is 738 g/mol. The Hall–Kier alpha value is -1.28. The highest BCUT2D eigenvalue weighted by atomic mass is 31.2. The Morgan fingerprint density at radius 1 is 0.673 bits per heavy atom. The Balaban J connectivity index is 1.27. The first-order valence-corrected chi connectivity index (χ1v) is 23.1. The van der Waals surface area contributed by atoms with Gasteiger partial charge < -0.3 is 19.0 Å². The summed E-state index contributed by atoms with van der Waals surface area (Å²) in [6, 6.07) is 17.3. The van der Waals surface area contributed by atoms with Gasteiger partial charge in [0.2, 0.25) is 0 Å². The van der Waals surface area contributed by atoms with E-state index in [-0.39, 0.29) is 26.4 Å². The average molecular weight is 739 g/mol. The van der Waals surface area contributed by atoms with E-state index >= 15 is 0 Å². The topological polar surface area (TPSA) is 137 Å². The molecule has 12 nitrogen and oxygen atoms in total. The van der Waals surface area contributed by atoms with Gasteiger partial charge in [-0.05, 0) is 53.2 Å². The summed E-state index contributed by atoms with van der Waals surface area (Å²) < 4.78 is 85.7. The summed E-state index contributed by atoms with van der Waals surface area (Å²) in [6.45, 7) is 6.17. The van der Waals surface area contributed by atoms with E-state index in [1.54, 1.807) is 0 Å². The number of phosphoric ester groups is 2. The van der Waals surface area contributed by atoms with Crippen LogP contribution in [0.1, 0.15) is 75.1 Å². The van der Waals surface area contributed by atoms with Crippen LogP contribution in [0.4, 0.5) is 0 Å². The second kappa shape index (κ2) is 14.6. The lowest BCUT2D eigenvalue weighted by Gasteiger charge is -2.48. The van der Waals surface area contributed by atoms with Crippen molar-refractivity contribution >= 4 is 24.0 Å². The van der Waals surface area contributed by atoms with E-state index in [1.165, 1.54) is 0 Å². The number of hydrogen-bond acceptors (Lipinski definition) is 12. The fourth-order valence-electron chi connectivity index (χ4n) is 7.69. The summed E-state index contributed by atoms with van der Waals surface area (Å²) in [5, 5.41) is 12.2. The van der Waals surface area contributed by atoms with Gasteiger partial charge >= 0.3 is 15.6 Å². The maximum absolute atomic E-state index is 14.5. The molecule has 3 aliphatic heterocycles. The molecule has 5 aliphatic rings. The molecule has 1 saturated heterocycles. The van der Waals surface area contributed by atoms with Crippen LogP contribution in [-0.4, -0.2) is 55.8 Å². The zero-order valence-electron chi connectivity index (χ0n) is 28.4. The zero-order chi connectivity index (χ0) is 34.3. The third-order valence-electron chi connectivity index (χ3n) is 10.9. The van der Waals surface area contributed by atoms with Crippen molar-refractivity contribution in [3.63, 3.8) is 0 Å². The number of ether oxygens (including phenoxy) is 2. The lowest BCUT2D eigenvalue weighted by Crippen LogP contribution is -2.66. The van der Waals surface area contributed by atoms with Gasteiger partial charge in [-0.3, -0.25) is 27.1 Å². The highest BCUT2D eigenvalue weighted by molar-refractivity contribution is 7.48. The molecule has 2 saturated carbocycles. The van der Waals surface area contributed by atoms with Crippen molar-refractivity contribution in [3.05, 3.63) is 70.8 Å². The van der Waals surface area contributed by atoms with Crippen LogP contribution < -0.4 is 0 Å². The molecule has 2 aliphatic carbocycles. The van der Waals surface area contributed by atoms with Gasteiger partial charge in [0.1, 0.15) is 36.6 Å². The van der Waals surface area contributed by atoms with E-state index in [1.807, 2.05) is 48.5 Å². The molecule has 49 heavy (non-hydrogen) atoms. The van der Waals surface area contributed by atoms with Crippen molar-refractivity contribution in [2.75, 3.05) is 0 Å². The maximum Gasteiger partial charge on any atom is 0.475 e. The number of aliphatic hydroxyl groups is 1. The van der Waals surface area contributed by atoms with Crippen molar-refractivity contribution < 1.29 is 55.3 Å². The average Bonchev–Trinajstić information content (AvgIpc) is 3.28. The molecule has 2 aromatic rings. The molecule has 2 aromatic carbocycles. The summed E-state index contributed by atoms with van der Waals surface area (Å²) >= 11 is 0. The standard InChI is InChI=1S/C34H48O12P2Si/c1-4-49(5-2,6-3)46-30-28(35)29-31(43-34(42-29)18-12-7-13-19-34)33(45-48(37)40-22-26-16-10-11-17-27(26)23-41-48)32(30)44-47(36)38-20-24-14-8-9-15-25(24)21-39-47/h8-11,14-17,28-33,35H,4-7,12-13,18-23H2,1-3H3/t28-,29+,30+,31+,32-,33-/m1/s1. The molecular formula is C34H48O12P2Si. The minimum absolute atomic E-state index is 0.00978. The molecule has 6 atom stereocenters. The fraction of sp³-hybridized carbons (Fsp3) is 0.647. The second-order valence-electron chi connectivity index (χ2n) is 13.6. The first-order valence-electron chi connectivity index (χ1n) is 17.6. The molecule has 15 heteroatoms. The van der Waals surface area contributed by atoms with Crippen LogP contribution in [0.25, 0.3) is 0 Å². The van der Waals surface area contributed by atoms with E-state index in [2.05, 4.69) is 20.8 Å². The van der Waals surface area contributed by atoms with Gasteiger partial charge in [0.15, 0.2) is 14.1 Å². The number of hydrogen-bond donors (Lipinski definition) is 1. The number of benzene rings is 2. The van der Waals surface area contributed by atoms with E-state index in [0.717, 1.165) is 59.6 Å². The van der Waals surface area contributed by atoms with E-state index < -0.39 is 66.4 Å². The minimum atomic E-state index is -4.33.